The van der Waals surface area contributed by atoms with E-state index in [1.165, 1.54) is 0 Å². The molecule has 3 aromatic heterocycles. The highest BCUT2D eigenvalue weighted by Crippen LogP contribution is 2.40. The fourth-order valence-corrected chi connectivity index (χ4v) is 3.72. The molecule has 1 N–H and O–H groups in total. The Balaban J connectivity index is 1.57. The van der Waals surface area contributed by atoms with Crippen LogP contribution in [0.15, 0.2) is 35.2 Å². The first-order chi connectivity index (χ1) is 12.8. The Kier molecular flexibility index (Phi) is 2.77. The number of imidazole rings is 1. The van der Waals surface area contributed by atoms with Crippen LogP contribution in [0.1, 0.15) is 35.8 Å². The first-order valence-electron chi connectivity index (χ1n) is 8.50. The molecule has 6 rings (SSSR count). The summed E-state index contributed by atoms with van der Waals surface area (Å²) < 4.78 is 7.58. The van der Waals surface area contributed by atoms with E-state index in [-0.39, 0.29) is 0 Å². The van der Waals surface area contributed by atoms with Gasteiger partial charge in [-0.1, -0.05) is 16.8 Å². The number of hydrogen-bond acceptors (Lipinski definition) is 5. The lowest BCUT2D eigenvalue weighted by Gasteiger charge is -2.09. The number of nitrogens with zero attached hydrogens (tertiary/aromatic N) is 5. The van der Waals surface area contributed by atoms with Gasteiger partial charge in [-0.05, 0) is 31.0 Å². The minimum Gasteiger partial charge on any atom is -0.332 e. The Morgan fingerprint density at radius 1 is 1.27 bits per heavy atom. The second-order valence-electron chi connectivity index (χ2n) is 6.75. The summed E-state index contributed by atoms with van der Waals surface area (Å²) in [6.45, 7) is 0. The molecule has 0 saturated heterocycles. The van der Waals surface area contributed by atoms with Crippen molar-refractivity contribution in [3.8, 4) is 28.5 Å². The first-order valence-corrected chi connectivity index (χ1v) is 8.88. The van der Waals surface area contributed by atoms with E-state index in [1.54, 1.807) is 6.33 Å². The zero-order valence-corrected chi connectivity index (χ0v) is 14.4. The lowest BCUT2D eigenvalue weighted by molar-refractivity contribution is 0.421. The third-order valence-corrected chi connectivity index (χ3v) is 5.25. The van der Waals surface area contributed by atoms with Gasteiger partial charge in [0.2, 0.25) is 0 Å². The number of H-pyrrole nitrogens is 1. The molecule has 4 aromatic rings. The lowest BCUT2D eigenvalue weighted by Crippen LogP contribution is -1.99. The predicted octanol–water partition coefficient (Wildman–Crippen LogP) is 3.75. The second kappa shape index (κ2) is 5.04. The van der Waals surface area contributed by atoms with Crippen molar-refractivity contribution in [2.24, 2.45) is 0 Å². The molecule has 2 aliphatic rings. The molecule has 26 heavy (non-hydrogen) atoms. The maximum Gasteiger partial charge on any atom is 0.278 e. The number of halogens is 1. The minimum absolute atomic E-state index is 0.442. The molecule has 1 aromatic carbocycles. The van der Waals surface area contributed by atoms with Crippen LogP contribution in [0.5, 0.6) is 0 Å². The highest BCUT2D eigenvalue weighted by Gasteiger charge is 2.31. The molecule has 128 valence electrons. The van der Waals surface area contributed by atoms with Gasteiger partial charge >= 0.3 is 0 Å². The summed E-state index contributed by atoms with van der Waals surface area (Å²) >= 11 is 6.24. The zero-order chi connectivity index (χ0) is 17.3. The van der Waals surface area contributed by atoms with E-state index >= 15 is 0 Å². The van der Waals surface area contributed by atoms with Crippen LogP contribution in [0.3, 0.4) is 0 Å². The van der Waals surface area contributed by atoms with Crippen LogP contribution in [0.25, 0.3) is 28.5 Å². The second-order valence-corrected chi connectivity index (χ2v) is 7.19. The molecule has 0 spiro atoms. The number of rotatable bonds is 2. The van der Waals surface area contributed by atoms with E-state index < -0.39 is 0 Å². The quantitative estimate of drug-likeness (QED) is 0.515. The van der Waals surface area contributed by atoms with Gasteiger partial charge in [-0.15, -0.1) is 0 Å². The molecule has 0 atom stereocenters. The molecule has 0 bridgehead atoms. The van der Waals surface area contributed by atoms with E-state index in [1.807, 2.05) is 24.4 Å². The SMILES string of the molecule is Clc1ccc2c(c1)-c1[nH]ncc1Cc1c(-c3nc(C4CC4)no3)ncn1-2. The van der Waals surface area contributed by atoms with Gasteiger partial charge < -0.3 is 9.09 Å². The topological polar surface area (TPSA) is 85.4 Å². The number of aromatic amines is 1. The van der Waals surface area contributed by atoms with Crippen LogP contribution in [0, 0.1) is 0 Å². The lowest BCUT2D eigenvalue weighted by atomic mass is 10.0. The summed E-state index contributed by atoms with van der Waals surface area (Å²) in [7, 11) is 0. The van der Waals surface area contributed by atoms with Crippen molar-refractivity contribution in [3.63, 3.8) is 0 Å². The molecule has 1 aliphatic carbocycles. The van der Waals surface area contributed by atoms with Gasteiger partial charge in [0.15, 0.2) is 11.5 Å². The summed E-state index contributed by atoms with van der Waals surface area (Å²) in [5.41, 5.74) is 5.77. The number of fused-ring (bicyclic) bond motifs is 5. The van der Waals surface area contributed by atoms with Crippen LogP contribution in [0.4, 0.5) is 0 Å². The number of aromatic nitrogens is 6. The minimum atomic E-state index is 0.442. The first kappa shape index (κ1) is 14.3. The summed E-state index contributed by atoms with van der Waals surface area (Å²) in [6.07, 6.45) is 6.57. The van der Waals surface area contributed by atoms with Gasteiger partial charge in [-0.3, -0.25) is 5.10 Å². The summed E-state index contributed by atoms with van der Waals surface area (Å²) in [6, 6.07) is 5.82. The van der Waals surface area contributed by atoms with Crippen molar-refractivity contribution in [2.75, 3.05) is 0 Å². The molecule has 1 fully saturated rings. The van der Waals surface area contributed by atoms with Crippen molar-refractivity contribution < 1.29 is 4.52 Å². The Hall–Kier alpha value is -2.93. The van der Waals surface area contributed by atoms with Gasteiger partial charge in [-0.2, -0.15) is 10.1 Å². The number of benzene rings is 1. The molecular weight excluding hydrogens is 352 g/mol. The molecule has 0 radical (unpaired) electrons. The van der Waals surface area contributed by atoms with Crippen molar-refractivity contribution in [1.82, 2.24) is 29.9 Å². The molecule has 1 saturated carbocycles. The monoisotopic (exact) mass is 364 g/mol. The largest absolute Gasteiger partial charge is 0.332 e. The van der Waals surface area contributed by atoms with Crippen LogP contribution in [0.2, 0.25) is 5.02 Å². The molecule has 0 unspecified atom stereocenters. The van der Waals surface area contributed by atoms with Crippen molar-refractivity contribution in [1.29, 1.82) is 0 Å². The molecule has 8 heteroatoms. The van der Waals surface area contributed by atoms with Crippen LogP contribution >= 0.6 is 11.6 Å². The van der Waals surface area contributed by atoms with Gasteiger partial charge in [0, 0.05) is 28.5 Å². The fourth-order valence-electron chi connectivity index (χ4n) is 3.54. The van der Waals surface area contributed by atoms with Crippen molar-refractivity contribution in [3.05, 3.63) is 52.8 Å². The van der Waals surface area contributed by atoms with E-state index in [2.05, 4.69) is 29.9 Å². The van der Waals surface area contributed by atoms with Crippen LogP contribution in [-0.4, -0.2) is 29.9 Å². The van der Waals surface area contributed by atoms with Crippen molar-refractivity contribution >= 4 is 11.6 Å². The third-order valence-electron chi connectivity index (χ3n) is 5.02. The zero-order valence-electron chi connectivity index (χ0n) is 13.6. The van der Waals surface area contributed by atoms with Gasteiger partial charge in [0.05, 0.1) is 23.3 Å². The highest BCUT2D eigenvalue weighted by atomic mass is 35.5. The highest BCUT2D eigenvalue weighted by molar-refractivity contribution is 6.31. The molecule has 7 nitrogen and oxygen atoms in total. The molecular formula is C18H13ClN6O. The van der Waals surface area contributed by atoms with E-state index in [0.717, 1.165) is 52.6 Å². The summed E-state index contributed by atoms with van der Waals surface area (Å²) in [5.74, 6) is 1.70. The average molecular weight is 365 g/mol. The molecule has 4 heterocycles. The Morgan fingerprint density at radius 2 is 2.19 bits per heavy atom. The fraction of sp³-hybridized carbons (Fsp3) is 0.222. The van der Waals surface area contributed by atoms with Gasteiger partial charge in [0.25, 0.3) is 5.89 Å². The standard InChI is InChI=1S/C18H13ClN6O/c19-11-3-4-13-12(6-11)15-10(7-21-23-15)5-14-16(20-8-25(13)14)18-22-17(24-26-18)9-1-2-9/h3-4,6-9H,1-2,5H2,(H,21,23). The average Bonchev–Trinajstić information content (AvgIpc) is 3.06. The van der Waals surface area contributed by atoms with E-state index in [9.17, 15) is 0 Å². The third kappa shape index (κ3) is 2.00. The Bertz CT molecular complexity index is 1150. The Morgan fingerprint density at radius 3 is 3.08 bits per heavy atom. The molecule has 0 amide bonds. The number of hydrogen-bond donors (Lipinski definition) is 1. The van der Waals surface area contributed by atoms with Crippen LogP contribution < -0.4 is 0 Å². The maximum absolute atomic E-state index is 6.24. The van der Waals surface area contributed by atoms with Gasteiger partial charge in [-0.25, -0.2) is 4.98 Å². The van der Waals surface area contributed by atoms with Crippen molar-refractivity contribution in [2.45, 2.75) is 25.2 Å². The smallest absolute Gasteiger partial charge is 0.278 e. The van der Waals surface area contributed by atoms with E-state index in [0.29, 0.717) is 23.3 Å². The number of nitrogens with one attached hydrogen (secondary N) is 1. The maximum atomic E-state index is 6.24. The van der Waals surface area contributed by atoms with E-state index in [4.69, 9.17) is 16.1 Å². The van der Waals surface area contributed by atoms with Crippen LogP contribution in [-0.2, 0) is 6.42 Å². The van der Waals surface area contributed by atoms with Gasteiger partial charge in [0.1, 0.15) is 6.33 Å². The normalized spacial score (nSPS) is 15.3. The molecule has 1 aliphatic heterocycles. The summed E-state index contributed by atoms with van der Waals surface area (Å²) in [5, 5.41) is 12.1. The summed E-state index contributed by atoms with van der Waals surface area (Å²) in [4.78, 5) is 9.15. The predicted molar refractivity (Wildman–Crippen MR) is 94.2 cm³/mol. The Labute approximate surface area is 153 Å².